The summed E-state index contributed by atoms with van der Waals surface area (Å²) in [6.45, 7) is 5.50. The third kappa shape index (κ3) is 4.92. The van der Waals surface area contributed by atoms with Crippen LogP contribution in [0.2, 0.25) is 5.02 Å². The summed E-state index contributed by atoms with van der Waals surface area (Å²) in [5, 5.41) is 6.87. The lowest BCUT2D eigenvalue weighted by molar-refractivity contribution is 0.571. The van der Waals surface area contributed by atoms with E-state index in [0.29, 0.717) is 17.1 Å². The molecule has 1 aromatic carbocycles. The van der Waals surface area contributed by atoms with E-state index in [1.807, 2.05) is 0 Å². The molecule has 0 saturated carbocycles. The first-order chi connectivity index (χ1) is 7.74. The van der Waals surface area contributed by atoms with E-state index in [1.165, 1.54) is 6.07 Å². The highest BCUT2D eigenvalue weighted by Crippen LogP contribution is 2.14. The zero-order valence-corrected chi connectivity index (χ0v) is 10.3. The van der Waals surface area contributed by atoms with Crippen LogP contribution in [0.1, 0.15) is 18.9 Å². The summed E-state index contributed by atoms with van der Waals surface area (Å²) >= 11 is 5.67. The third-order valence-corrected chi connectivity index (χ3v) is 2.52. The Labute approximate surface area is 101 Å². The first-order valence-corrected chi connectivity index (χ1v) is 5.97. The minimum absolute atomic E-state index is 0.244. The number of hydrogen-bond donors (Lipinski definition) is 2. The largest absolute Gasteiger partial charge is 0.317 e. The number of hydrogen-bond acceptors (Lipinski definition) is 2. The first-order valence-electron chi connectivity index (χ1n) is 5.59. The Balaban J connectivity index is 2.21. The van der Waals surface area contributed by atoms with Crippen molar-refractivity contribution >= 4 is 11.6 Å². The van der Waals surface area contributed by atoms with Gasteiger partial charge in [0.2, 0.25) is 0 Å². The molecule has 0 fully saturated rings. The van der Waals surface area contributed by atoms with Crippen LogP contribution in [0.25, 0.3) is 0 Å². The maximum Gasteiger partial charge on any atom is 0.129 e. The molecule has 4 heteroatoms. The van der Waals surface area contributed by atoms with E-state index in [2.05, 4.69) is 17.6 Å². The molecule has 0 aliphatic rings. The van der Waals surface area contributed by atoms with Crippen LogP contribution in [0.5, 0.6) is 0 Å². The smallest absolute Gasteiger partial charge is 0.129 e. The molecule has 0 radical (unpaired) electrons. The van der Waals surface area contributed by atoms with E-state index in [4.69, 9.17) is 11.6 Å². The summed E-state index contributed by atoms with van der Waals surface area (Å²) in [4.78, 5) is 0. The molecule has 90 valence electrons. The molecule has 1 aromatic rings. The molecule has 0 aliphatic heterocycles. The fourth-order valence-electron chi connectivity index (χ4n) is 1.40. The van der Waals surface area contributed by atoms with Gasteiger partial charge in [0.15, 0.2) is 0 Å². The minimum Gasteiger partial charge on any atom is -0.317 e. The Hall–Kier alpha value is -0.640. The highest BCUT2D eigenvalue weighted by Gasteiger charge is 2.01. The zero-order valence-electron chi connectivity index (χ0n) is 9.52. The van der Waals surface area contributed by atoms with Crippen molar-refractivity contribution in [3.05, 3.63) is 34.6 Å². The highest BCUT2D eigenvalue weighted by molar-refractivity contribution is 6.30. The van der Waals surface area contributed by atoms with Crippen molar-refractivity contribution in [2.45, 2.75) is 19.9 Å². The Morgan fingerprint density at radius 3 is 2.69 bits per heavy atom. The van der Waals surface area contributed by atoms with Gasteiger partial charge < -0.3 is 10.6 Å². The minimum atomic E-state index is -0.244. The summed E-state index contributed by atoms with van der Waals surface area (Å²) in [6.07, 6.45) is 1.04. The number of benzene rings is 1. The Morgan fingerprint density at radius 1 is 1.25 bits per heavy atom. The van der Waals surface area contributed by atoms with Gasteiger partial charge in [0.25, 0.3) is 0 Å². The molecule has 0 unspecified atom stereocenters. The molecule has 0 bridgehead atoms. The molecule has 0 saturated heterocycles. The lowest BCUT2D eigenvalue weighted by Crippen LogP contribution is -2.21. The molecule has 2 N–H and O–H groups in total. The maximum atomic E-state index is 13.3. The fraction of sp³-hybridized carbons (Fsp3) is 0.500. The van der Waals surface area contributed by atoms with Crippen molar-refractivity contribution in [2.75, 3.05) is 19.6 Å². The van der Waals surface area contributed by atoms with Gasteiger partial charge >= 0.3 is 0 Å². The fourth-order valence-corrected chi connectivity index (χ4v) is 1.56. The van der Waals surface area contributed by atoms with E-state index in [0.717, 1.165) is 26.1 Å². The van der Waals surface area contributed by atoms with E-state index < -0.39 is 0 Å². The van der Waals surface area contributed by atoms with Crippen molar-refractivity contribution in [2.24, 2.45) is 0 Å². The molecule has 0 spiro atoms. The lowest BCUT2D eigenvalue weighted by Gasteiger charge is -2.06. The van der Waals surface area contributed by atoms with Gasteiger partial charge in [-0.3, -0.25) is 0 Å². The summed E-state index contributed by atoms with van der Waals surface area (Å²) in [5.74, 6) is -0.244. The van der Waals surface area contributed by atoms with E-state index in [9.17, 15) is 4.39 Å². The Bertz CT molecular complexity index is 318. The summed E-state index contributed by atoms with van der Waals surface area (Å²) in [7, 11) is 0. The van der Waals surface area contributed by atoms with E-state index in [1.54, 1.807) is 12.1 Å². The highest BCUT2D eigenvalue weighted by atomic mass is 35.5. The van der Waals surface area contributed by atoms with Crippen LogP contribution >= 0.6 is 11.6 Å². The molecule has 0 amide bonds. The van der Waals surface area contributed by atoms with Gasteiger partial charge in [-0.2, -0.15) is 0 Å². The Morgan fingerprint density at radius 2 is 2.00 bits per heavy atom. The van der Waals surface area contributed by atoms with Crippen molar-refractivity contribution in [3.63, 3.8) is 0 Å². The van der Waals surface area contributed by atoms with Crippen molar-refractivity contribution in [1.82, 2.24) is 10.6 Å². The number of halogens is 2. The quantitative estimate of drug-likeness (QED) is 0.721. The molecule has 2 nitrogen and oxygen atoms in total. The summed E-state index contributed by atoms with van der Waals surface area (Å²) in [5.41, 5.74) is 0.660. The second-order valence-electron chi connectivity index (χ2n) is 3.62. The Kier molecular flexibility index (Phi) is 6.38. The van der Waals surface area contributed by atoms with Crippen LogP contribution in [0.3, 0.4) is 0 Å². The van der Waals surface area contributed by atoms with E-state index in [-0.39, 0.29) is 5.82 Å². The monoisotopic (exact) mass is 244 g/mol. The maximum absolute atomic E-state index is 13.3. The predicted molar refractivity (Wildman–Crippen MR) is 66.3 cm³/mol. The molecule has 0 aromatic heterocycles. The zero-order chi connectivity index (χ0) is 11.8. The van der Waals surface area contributed by atoms with Gasteiger partial charge in [-0.1, -0.05) is 24.6 Å². The van der Waals surface area contributed by atoms with Crippen LogP contribution in [0.15, 0.2) is 18.2 Å². The van der Waals surface area contributed by atoms with Gasteiger partial charge in [-0.15, -0.1) is 0 Å². The lowest BCUT2D eigenvalue weighted by atomic mass is 10.2. The third-order valence-electron chi connectivity index (χ3n) is 2.29. The molecule has 16 heavy (non-hydrogen) atoms. The molecule has 0 aliphatic carbocycles. The van der Waals surface area contributed by atoms with Gasteiger partial charge in [0.05, 0.1) is 0 Å². The number of rotatable bonds is 7. The van der Waals surface area contributed by atoms with Gasteiger partial charge in [0, 0.05) is 17.1 Å². The normalized spacial score (nSPS) is 10.7. The van der Waals surface area contributed by atoms with Gasteiger partial charge in [-0.25, -0.2) is 4.39 Å². The number of nitrogens with one attached hydrogen (secondary N) is 2. The van der Waals surface area contributed by atoms with Crippen LogP contribution in [0.4, 0.5) is 4.39 Å². The second kappa shape index (κ2) is 7.60. The average molecular weight is 245 g/mol. The molecular weight excluding hydrogens is 227 g/mol. The van der Waals surface area contributed by atoms with Crippen molar-refractivity contribution < 1.29 is 4.39 Å². The first kappa shape index (κ1) is 13.4. The van der Waals surface area contributed by atoms with Gasteiger partial charge in [0.1, 0.15) is 5.82 Å². The van der Waals surface area contributed by atoms with Crippen LogP contribution in [-0.4, -0.2) is 19.6 Å². The standard InChI is InChI=1S/C12H18ClFN2/c1-2-15-6-3-7-16-9-10-4-5-11(13)8-12(10)14/h4-5,8,15-16H,2-3,6-7,9H2,1H3. The summed E-state index contributed by atoms with van der Waals surface area (Å²) in [6, 6.07) is 4.77. The molecule has 0 atom stereocenters. The van der Waals surface area contributed by atoms with Crippen LogP contribution < -0.4 is 10.6 Å². The second-order valence-corrected chi connectivity index (χ2v) is 4.06. The van der Waals surface area contributed by atoms with Crippen LogP contribution in [0, 0.1) is 5.82 Å². The van der Waals surface area contributed by atoms with Crippen LogP contribution in [-0.2, 0) is 6.54 Å². The van der Waals surface area contributed by atoms with Gasteiger partial charge in [-0.05, 0) is 38.2 Å². The molecule has 0 heterocycles. The average Bonchev–Trinajstić information content (AvgIpc) is 2.26. The topological polar surface area (TPSA) is 24.1 Å². The van der Waals surface area contributed by atoms with Crippen molar-refractivity contribution in [3.8, 4) is 0 Å². The molecule has 1 rings (SSSR count). The summed E-state index contributed by atoms with van der Waals surface area (Å²) < 4.78 is 13.3. The SMILES string of the molecule is CCNCCCNCc1ccc(Cl)cc1F. The molecular formula is C12H18ClFN2. The van der Waals surface area contributed by atoms with Crippen molar-refractivity contribution in [1.29, 1.82) is 0 Å². The van der Waals surface area contributed by atoms with E-state index >= 15 is 0 Å². The predicted octanol–water partition coefficient (Wildman–Crippen LogP) is 2.57.